The highest BCUT2D eigenvalue weighted by Crippen LogP contribution is 2.43. The molecule has 3 aromatic rings. The second-order valence-corrected chi connectivity index (χ2v) is 10.8. The molecule has 36 heavy (non-hydrogen) atoms. The molecule has 1 aromatic heterocycles. The zero-order valence-electron chi connectivity index (χ0n) is 21.2. The van der Waals surface area contributed by atoms with Crippen LogP contribution in [0.5, 0.6) is 5.75 Å². The highest BCUT2D eigenvalue weighted by molar-refractivity contribution is 6.31. The first-order valence-corrected chi connectivity index (χ1v) is 13.0. The van der Waals surface area contributed by atoms with Crippen molar-refractivity contribution in [3.8, 4) is 5.75 Å². The molecule has 0 bridgehead atoms. The number of phenolic OH excluding ortho intramolecular Hbond substituents is 1. The van der Waals surface area contributed by atoms with Crippen molar-refractivity contribution in [2.75, 3.05) is 19.6 Å². The van der Waals surface area contributed by atoms with Crippen LogP contribution in [0.3, 0.4) is 0 Å². The molecule has 1 saturated heterocycles. The maximum absolute atomic E-state index is 13.9. The van der Waals surface area contributed by atoms with Gasteiger partial charge in [0.2, 0.25) is 11.8 Å². The van der Waals surface area contributed by atoms with Gasteiger partial charge >= 0.3 is 0 Å². The second kappa shape index (κ2) is 9.45. The molecule has 2 amide bonds. The van der Waals surface area contributed by atoms with Crippen molar-refractivity contribution in [1.82, 2.24) is 19.7 Å². The number of halogens is 1. The summed E-state index contributed by atoms with van der Waals surface area (Å²) in [4.78, 5) is 36.8. The Labute approximate surface area is 216 Å². The highest BCUT2D eigenvalue weighted by Gasteiger charge is 2.48. The van der Waals surface area contributed by atoms with E-state index in [0.29, 0.717) is 36.6 Å². The Hall–Kier alpha value is -3.03. The van der Waals surface area contributed by atoms with E-state index in [0.717, 1.165) is 27.7 Å². The molecule has 2 unspecified atom stereocenters. The quantitative estimate of drug-likeness (QED) is 0.519. The Bertz CT molecular complexity index is 1310. The number of benzene rings is 2. The number of aromatic nitrogens is 1. The summed E-state index contributed by atoms with van der Waals surface area (Å²) in [7, 11) is 0. The number of phenols is 1. The van der Waals surface area contributed by atoms with E-state index in [1.807, 2.05) is 24.3 Å². The lowest BCUT2D eigenvalue weighted by atomic mass is 9.86. The summed E-state index contributed by atoms with van der Waals surface area (Å²) in [5.41, 5.74) is 3.54. The fourth-order valence-corrected chi connectivity index (χ4v) is 6.09. The second-order valence-electron chi connectivity index (χ2n) is 10.4. The van der Waals surface area contributed by atoms with Gasteiger partial charge in [-0.25, -0.2) is 0 Å². The van der Waals surface area contributed by atoms with E-state index in [1.54, 1.807) is 28.0 Å². The highest BCUT2D eigenvalue weighted by atomic mass is 35.5. The van der Waals surface area contributed by atoms with Crippen LogP contribution in [0.25, 0.3) is 10.9 Å². The van der Waals surface area contributed by atoms with E-state index in [-0.39, 0.29) is 24.1 Å². The molecule has 190 valence electrons. The van der Waals surface area contributed by atoms with E-state index < -0.39 is 12.1 Å². The van der Waals surface area contributed by atoms with Gasteiger partial charge in [0, 0.05) is 53.2 Å². The van der Waals surface area contributed by atoms with Crippen molar-refractivity contribution >= 4 is 34.3 Å². The maximum Gasteiger partial charge on any atom is 0.246 e. The molecule has 0 aliphatic carbocycles. The summed E-state index contributed by atoms with van der Waals surface area (Å²) >= 11 is 6.34. The van der Waals surface area contributed by atoms with Gasteiger partial charge in [0.1, 0.15) is 11.8 Å². The standard InChI is InChI=1S/C28H33ClN4O3/c1-16(2)32(17(3)4)11-10-31-15-25(35)33-24(28(31)36)14-22-21-13-19(29)8-9-23(21)30-26(22)27(33)18-6-5-7-20(34)12-18/h5-9,12-13,16-17,24,27,30,34H,10-11,14-15H2,1-4H3. The third kappa shape index (κ3) is 4.24. The molecule has 2 aliphatic heterocycles. The summed E-state index contributed by atoms with van der Waals surface area (Å²) in [5.74, 6) is 0.000344. The molecule has 0 saturated carbocycles. The van der Waals surface area contributed by atoms with Crippen molar-refractivity contribution < 1.29 is 14.7 Å². The van der Waals surface area contributed by atoms with Crippen molar-refractivity contribution in [2.24, 2.45) is 0 Å². The average Bonchev–Trinajstić information content (AvgIpc) is 3.18. The van der Waals surface area contributed by atoms with Crippen molar-refractivity contribution in [2.45, 2.75) is 58.3 Å². The van der Waals surface area contributed by atoms with Gasteiger partial charge in [-0.05, 0) is 69.2 Å². The van der Waals surface area contributed by atoms with Crippen molar-refractivity contribution in [3.63, 3.8) is 0 Å². The van der Waals surface area contributed by atoms with Crippen LogP contribution in [0.4, 0.5) is 0 Å². The van der Waals surface area contributed by atoms with Crippen LogP contribution in [0.2, 0.25) is 5.02 Å². The first-order chi connectivity index (χ1) is 17.2. The number of rotatable bonds is 6. The lowest BCUT2D eigenvalue weighted by molar-refractivity contribution is -0.158. The number of amides is 2. The molecule has 2 atom stereocenters. The minimum atomic E-state index is -0.615. The van der Waals surface area contributed by atoms with Crippen LogP contribution in [0.15, 0.2) is 42.5 Å². The number of carbonyl (C=O) groups is 2. The van der Waals surface area contributed by atoms with E-state index in [2.05, 4.69) is 37.6 Å². The van der Waals surface area contributed by atoms with Gasteiger partial charge < -0.3 is 19.9 Å². The molecule has 8 heteroatoms. The van der Waals surface area contributed by atoms with Crippen LogP contribution >= 0.6 is 11.6 Å². The number of hydrogen-bond acceptors (Lipinski definition) is 4. The number of hydrogen-bond donors (Lipinski definition) is 2. The minimum absolute atomic E-state index is 0.0331. The molecule has 7 nitrogen and oxygen atoms in total. The van der Waals surface area contributed by atoms with Crippen LogP contribution in [0.1, 0.15) is 50.6 Å². The van der Waals surface area contributed by atoms with Crippen molar-refractivity contribution in [1.29, 1.82) is 0 Å². The molecule has 0 spiro atoms. The number of H-pyrrole nitrogens is 1. The third-order valence-electron chi connectivity index (χ3n) is 7.54. The molecule has 2 aliphatic rings. The summed E-state index contributed by atoms with van der Waals surface area (Å²) < 4.78 is 0. The van der Waals surface area contributed by atoms with Gasteiger partial charge in [-0.2, -0.15) is 0 Å². The Balaban J connectivity index is 1.55. The summed E-state index contributed by atoms with van der Waals surface area (Å²) in [6.07, 6.45) is 0.421. The van der Waals surface area contributed by atoms with Gasteiger partial charge in [-0.3, -0.25) is 14.5 Å². The van der Waals surface area contributed by atoms with Gasteiger partial charge in [0.15, 0.2) is 0 Å². The lowest BCUT2D eigenvalue weighted by Gasteiger charge is -2.47. The van der Waals surface area contributed by atoms with E-state index in [4.69, 9.17) is 11.6 Å². The number of fused-ring (bicyclic) bond motifs is 4. The van der Waals surface area contributed by atoms with Gasteiger partial charge in [-0.1, -0.05) is 23.7 Å². The SMILES string of the molecule is CC(C)N(CCN1CC(=O)N2C(Cc3c([nH]c4ccc(Cl)cc34)C2c2cccc(O)c2)C1=O)C(C)C. The molecular weight excluding hydrogens is 476 g/mol. The Morgan fingerprint density at radius 3 is 2.56 bits per heavy atom. The largest absolute Gasteiger partial charge is 0.508 e. The monoisotopic (exact) mass is 508 g/mol. The predicted molar refractivity (Wildman–Crippen MR) is 141 cm³/mol. The Kier molecular flexibility index (Phi) is 6.47. The molecule has 1 fully saturated rings. The average molecular weight is 509 g/mol. The molecular formula is C28H33ClN4O3. The molecule has 2 N–H and O–H groups in total. The lowest BCUT2D eigenvalue weighted by Crippen LogP contribution is -2.63. The van der Waals surface area contributed by atoms with Crippen LogP contribution in [-0.2, 0) is 16.0 Å². The van der Waals surface area contributed by atoms with Crippen LogP contribution in [-0.4, -0.2) is 74.4 Å². The maximum atomic E-state index is 13.9. The van der Waals surface area contributed by atoms with E-state index in [9.17, 15) is 14.7 Å². The van der Waals surface area contributed by atoms with E-state index >= 15 is 0 Å². The zero-order valence-corrected chi connectivity index (χ0v) is 21.9. The number of nitrogens with zero attached hydrogens (tertiary/aromatic N) is 3. The van der Waals surface area contributed by atoms with E-state index in [1.165, 1.54) is 0 Å². The zero-order chi connectivity index (χ0) is 25.7. The molecule has 5 rings (SSSR count). The van der Waals surface area contributed by atoms with Gasteiger partial charge in [0.05, 0.1) is 12.6 Å². The third-order valence-corrected chi connectivity index (χ3v) is 7.77. The number of aromatic amines is 1. The van der Waals surface area contributed by atoms with Gasteiger partial charge in [-0.15, -0.1) is 0 Å². The smallest absolute Gasteiger partial charge is 0.246 e. The van der Waals surface area contributed by atoms with Gasteiger partial charge in [0.25, 0.3) is 0 Å². The Morgan fingerprint density at radius 1 is 1.11 bits per heavy atom. The first kappa shape index (κ1) is 24.7. The molecule has 3 heterocycles. The summed E-state index contributed by atoms with van der Waals surface area (Å²) in [6, 6.07) is 12.2. The fourth-order valence-electron chi connectivity index (χ4n) is 5.92. The normalized spacial score (nSPS) is 20.1. The number of nitrogens with one attached hydrogen (secondary N) is 1. The first-order valence-electron chi connectivity index (χ1n) is 12.6. The Morgan fingerprint density at radius 2 is 1.86 bits per heavy atom. The van der Waals surface area contributed by atoms with Crippen LogP contribution < -0.4 is 0 Å². The topological polar surface area (TPSA) is 79.9 Å². The summed E-state index contributed by atoms with van der Waals surface area (Å²) in [6.45, 7) is 9.87. The fraction of sp³-hybridized carbons (Fsp3) is 0.429. The molecule has 2 aromatic carbocycles. The van der Waals surface area contributed by atoms with Crippen LogP contribution in [0, 0.1) is 0 Å². The van der Waals surface area contributed by atoms with Crippen molar-refractivity contribution in [3.05, 3.63) is 64.3 Å². The number of aromatic hydroxyl groups is 1. The summed E-state index contributed by atoms with van der Waals surface area (Å²) in [5, 5.41) is 11.8. The number of carbonyl (C=O) groups excluding carboxylic acids is 2. The number of piperazine rings is 1. The minimum Gasteiger partial charge on any atom is -0.508 e. The molecule has 0 radical (unpaired) electrons. The predicted octanol–water partition coefficient (Wildman–Crippen LogP) is 4.33.